The van der Waals surface area contributed by atoms with E-state index in [4.69, 9.17) is 14.3 Å². The summed E-state index contributed by atoms with van der Waals surface area (Å²) in [5, 5.41) is 0. The minimum atomic E-state index is -0.856. The van der Waals surface area contributed by atoms with Gasteiger partial charge in [-0.25, -0.2) is 9.66 Å². The van der Waals surface area contributed by atoms with Crippen molar-refractivity contribution in [2.75, 3.05) is 24.4 Å². The number of rotatable bonds is 6. The summed E-state index contributed by atoms with van der Waals surface area (Å²) in [5.74, 6) is 0.705. The molecule has 0 spiro atoms. The lowest BCUT2D eigenvalue weighted by Gasteiger charge is -2.30. The number of aliphatic imine (C=N–C) groups is 1. The number of para-hydroxylation sites is 1. The molecule has 2 fully saturated rings. The molecule has 3 aromatic rings. The van der Waals surface area contributed by atoms with Crippen molar-refractivity contribution >= 4 is 20.0 Å². The lowest BCUT2D eigenvalue weighted by molar-refractivity contribution is 0.162. The molecule has 0 amide bonds. The molecule has 0 aliphatic carbocycles. The van der Waals surface area contributed by atoms with Gasteiger partial charge in [-0.2, -0.15) is 0 Å². The van der Waals surface area contributed by atoms with Gasteiger partial charge in [0.05, 0.1) is 6.61 Å². The van der Waals surface area contributed by atoms with Crippen LogP contribution in [0.1, 0.15) is 30.1 Å². The Labute approximate surface area is 196 Å². The van der Waals surface area contributed by atoms with Crippen molar-refractivity contribution in [1.82, 2.24) is 4.67 Å². The highest BCUT2D eigenvalue weighted by Gasteiger charge is 2.45. The van der Waals surface area contributed by atoms with Gasteiger partial charge in [-0.15, -0.1) is 0 Å². The van der Waals surface area contributed by atoms with E-state index in [-0.39, 0.29) is 12.1 Å². The Morgan fingerprint density at radius 1 is 0.909 bits per heavy atom. The van der Waals surface area contributed by atoms with E-state index in [0.29, 0.717) is 18.5 Å². The normalized spacial score (nSPS) is 26.8. The van der Waals surface area contributed by atoms with Crippen molar-refractivity contribution < 1.29 is 9.26 Å². The van der Waals surface area contributed by atoms with Crippen molar-refractivity contribution in [3.8, 4) is 0 Å². The molecule has 168 valence electrons. The maximum Gasteiger partial charge on any atom is 0.218 e. The van der Waals surface area contributed by atoms with Gasteiger partial charge < -0.3 is 13.9 Å². The largest absolute Gasteiger partial charge is 0.467 e. The average molecular weight is 458 g/mol. The van der Waals surface area contributed by atoms with Gasteiger partial charge in [-0.05, 0) is 42.7 Å². The predicted molar refractivity (Wildman–Crippen MR) is 133 cm³/mol. The van der Waals surface area contributed by atoms with Crippen molar-refractivity contribution in [3.63, 3.8) is 0 Å². The Balaban J connectivity index is 1.25. The second-order valence-electron chi connectivity index (χ2n) is 8.74. The quantitative estimate of drug-likeness (QED) is 0.439. The third-order valence-corrected chi connectivity index (χ3v) is 8.74. The van der Waals surface area contributed by atoms with Gasteiger partial charge in [0.25, 0.3) is 0 Å². The number of fused-ring (bicyclic) bond motifs is 1. The number of nitrogens with zero attached hydrogens (tertiary/aromatic N) is 3. The molecule has 0 radical (unpaired) electrons. The van der Waals surface area contributed by atoms with E-state index in [1.165, 1.54) is 18.5 Å². The van der Waals surface area contributed by atoms with Crippen LogP contribution in [0.25, 0.3) is 0 Å². The van der Waals surface area contributed by atoms with Crippen molar-refractivity contribution in [3.05, 3.63) is 102 Å². The Hall–Kier alpha value is -2.72. The summed E-state index contributed by atoms with van der Waals surface area (Å²) in [6.07, 6.45) is 2.37. The summed E-state index contributed by atoms with van der Waals surface area (Å²) in [4.78, 5) is 5.00. The average Bonchev–Trinajstić information content (AvgIpc) is 3.59. The first-order valence-electron chi connectivity index (χ1n) is 11.7. The van der Waals surface area contributed by atoms with Gasteiger partial charge in [-0.3, -0.25) is 0 Å². The molecule has 33 heavy (non-hydrogen) atoms. The van der Waals surface area contributed by atoms with Crippen LogP contribution in [0, 0.1) is 0 Å². The first-order chi connectivity index (χ1) is 16.4. The molecule has 6 rings (SSSR count). The molecular weight excluding hydrogens is 429 g/mol. The third-order valence-electron chi connectivity index (χ3n) is 6.59. The first kappa shape index (κ1) is 20.9. The van der Waals surface area contributed by atoms with Gasteiger partial charge in [0.2, 0.25) is 14.3 Å². The number of benzene rings is 3. The standard InChI is InChI=1S/C27H28N3O2P/c1-4-11-21(12-5-1)26-25(28-27(32-26)22-13-6-2-7-14-22)20-31-33-29-18-10-17-24(29)19-30(33)23-15-8-3-9-16-23/h1-9,11-16,24-26H,10,17-20H2/t24-,25-,26-,33?/m0/s1. The van der Waals surface area contributed by atoms with E-state index in [0.717, 1.165) is 24.2 Å². The fourth-order valence-electron chi connectivity index (χ4n) is 4.96. The fraction of sp³-hybridized carbons (Fsp3) is 0.296. The monoisotopic (exact) mass is 457 g/mol. The highest BCUT2D eigenvalue weighted by Crippen LogP contribution is 2.57. The summed E-state index contributed by atoms with van der Waals surface area (Å²) in [7, 11) is -0.856. The smallest absolute Gasteiger partial charge is 0.218 e. The summed E-state index contributed by atoms with van der Waals surface area (Å²) >= 11 is 0. The SMILES string of the molecule is c1ccc(C2=N[C@@H](COP3N(c4ccccc4)C[C@@H]4CCCN43)[C@H](c3ccccc3)O2)cc1. The second-order valence-corrected chi connectivity index (χ2v) is 10.5. The molecule has 3 aromatic carbocycles. The minimum absolute atomic E-state index is 0.0793. The topological polar surface area (TPSA) is 37.3 Å². The van der Waals surface area contributed by atoms with Crippen LogP contribution < -0.4 is 4.67 Å². The van der Waals surface area contributed by atoms with Crippen LogP contribution in [0.5, 0.6) is 0 Å². The maximum absolute atomic E-state index is 6.73. The van der Waals surface area contributed by atoms with Gasteiger partial charge >= 0.3 is 0 Å². The molecule has 0 aromatic heterocycles. The van der Waals surface area contributed by atoms with Gasteiger partial charge in [-0.1, -0.05) is 66.7 Å². The molecule has 0 saturated carbocycles. The van der Waals surface area contributed by atoms with Crippen molar-refractivity contribution in [1.29, 1.82) is 0 Å². The van der Waals surface area contributed by atoms with Gasteiger partial charge in [0.15, 0.2) is 6.10 Å². The van der Waals surface area contributed by atoms with Gasteiger partial charge in [0, 0.05) is 30.4 Å². The highest BCUT2D eigenvalue weighted by atomic mass is 31.2. The number of hydrogen-bond donors (Lipinski definition) is 0. The van der Waals surface area contributed by atoms with Crippen LogP contribution in [-0.2, 0) is 9.26 Å². The van der Waals surface area contributed by atoms with E-state index in [2.05, 4.69) is 76.1 Å². The Kier molecular flexibility index (Phi) is 5.85. The molecule has 3 aliphatic heterocycles. The summed E-state index contributed by atoms with van der Waals surface area (Å²) in [5.41, 5.74) is 3.39. The van der Waals surface area contributed by atoms with Crippen molar-refractivity contribution in [2.24, 2.45) is 4.99 Å². The molecule has 6 heteroatoms. The van der Waals surface area contributed by atoms with Crippen molar-refractivity contribution in [2.45, 2.75) is 31.0 Å². The molecule has 4 atom stereocenters. The summed E-state index contributed by atoms with van der Waals surface area (Å²) in [6.45, 7) is 2.69. The zero-order valence-electron chi connectivity index (χ0n) is 18.5. The van der Waals surface area contributed by atoms with Crippen LogP contribution in [-0.4, -0.2) is 42.3 Å². The molecule has 5 nitrogen and oxygen atoms in total. The van der Waals surface area contributed by atoms with Crippen LogP contribution in [0.3, 0.4) is 0 Å². The van der Waals surface area contributed by atoms with E-state index < -0.39 is 8.45 Å². The Morgan fingerprint density at radius 3 is 2.36 bits per heavy atom. The molecule has 3 heterocycles. The van der Waals surface area contributed by atoms with Crippen LogP contribution in [0.15, 0.2) is 96.0 Å². The fourth-order valence-corrected chi connectivity index (χ4v) is 7.25. The second kappa shape index (κ2) is 9.26. The minimum Gasteiger partial charge on any atom is -0.467 e. The van der Waals surface area contributed by atoms with Gasteiger partial charge in [0.1, 0.15) is 6.04 Å². The maximum atomic E-state index is 6.73. The van der Waals surface area contributed by atoms with Crippen LogP contribution in [0.4, 0.5) is 5.69 Å². The number of hydrogen-bond acceptors (Lipinski definition) is 5. The Bertz CT molecular complexity index is 1100. The first-order valence-corrected chi connectivity index (χ1v) is 12.9. The Morgan fingerprint density at radius 2 is 1.61 bits per heavy atom. The lowest BCUT2D eigenvalue weighted by Crippen LogP contribution is -2.23. The number of anilines is 1. The van der Waals surface area contributed by atoms with E-state index in [9.17, 15) is 0 Å². The number of ether oxygens (including phenoxy) is 1. The zero-order valence-corrected chi connectivity index (χ0v) is 19.4. The lowest BCUT2D eigenvalue weighted by atomic mass is 10.0. The summed E-state index contributed by atoms with van der Waals surface area (Å²) < 4.78 is 18.2. The highest BCUT2D eigenvalue weighted by molar-refractivity contribution is 7.52. The van der Waals surface area contributed by atoms with E-state index in [1.54, 1.807) is 0 Å². The molecule has 3 aliphatic rings. The third kappa shape index (κ3) is 4.17. The summed E-state index contributed by atoms with van der Waals surface area (Å²) in [6, 6.07) is 31.8. The van der Waals surface area contributed by atoms with E-state index in [1.807, 2.05) is 24.3 Å². The molecular formula is C27H28N3O2P. The molecule has 2 saturated heterocycles. The van der Waals surface area contributed by atoms with Crippen LogP contribution in [0.2, 0.25) is 0 Å². The zero-order chi connectivity index (χ0) is 22.0. The molecule has 1 unspecified atom stereocenters. The van der Waals surface area contributed by atoms with E-state index >= 15 is 0 Å². The molecule has 0 bridgehead atoms. The predicted octanol–water partition coefficient (Wildman–Crippen LogP) is 5.80. The van der Waals surface area contributed by atoms with Crippen LogP contribution >= 0.6 is 8.45 Å². The molecule has 0 N–H and O–H groups in total.